The fourth-order valence-corrected chi connectivity index (χ4v) is 10.5. The van der Waals surface area contributed by atoms with Crippen LogP contribution in [0.3, 0.4) is 0 Å². The Morgan fingerprint density at radius 2 is 1.67 bits per heavy atom. The molecule has 5 aliphatic heterocycles. The van der Waals surface area contributed by atoms with Gasteiger partial charge in [0.15, 0.2) is 0 Å². The van der Waals surface area contributed by atoms with Crippen molar-refractivity contribution in [1.82, 2.24) is 39.4 Å². The van der Waals surface area contributed by atoms with Crippen LogP contribution >= 0.6 is 0 Å². The number of amides is 5. The lowest BCUT2D eigenvalue weighted by molar-refractivity contribution is -0.136. The molecule has 5 aromatic rings. The van der Waals surface area contributed by atoms with Crippen LogP contribution in [0.4, 0.5) is 17.1 Å². The molecule has 2 aromatic carbocycles. The molecule has 1 unspecified atom stereocenters. The lowest BCUT2D eigenvalue weighted by Crippen LogP contribution is -2.54. The number of hydrogen-bond acceptors (Lipinski definition) is 11. The summed E-state index contributed by atoms with van der Waals surface area (Å²) in [6, 6.07) is 14.0. The molecule has 4 fully saturated rings. The molecule has 5 amide bonds. The quantitative estimate of drug-likeness (QED) is 0.138. The van der Waals surface area contributed by atoms with Gasteiger partial charge in [-0.1, -0.05) is 0 Å². The molecule has 2 atom stereocenters. The maximum absolute atomic E-state index is 13.6. The van der Waals surface area contributed by atoms with Crippen molar-refractivity contribution in [2.75, 3.05) is 56.0 Å². The highest BCUT2D eigenvalue weighted by Crippen LogP contribution is 2.36. The monoisotopic (exact) mass is 865 g/mol. The normalized spacial score (nSPS) is 21.8. The summed E-state index contributed by atoms with van der Waals surface area (Å²) in [5.74, 6) is -1.84. The Hall–Kier alpha value is -6.48. The van der Waals surface area contributed by atoms with E-state index in [-0.39, 0.29) is 24.8 Å². The number of aliphatic hydroxyl groups is 1. The van der Waals surface area contributed by atoms with Gasteiger partial charge in [0.05, 0.1) is 46.6 Å². The molecule has 17 heteroatoms. The SMILES string of the molecule is [C-]#[N+]c1cnn2c(C(=O)Nc3cc4cn(C5CCN(C6CCN(C[C@H]7CCN(c8ccc9c(c8)C(=O)N(C8CCC(=O)NC8=O)C9=O)C7)CC6)CC5)nc4cc3C(C)(C)O)ccc2c1. The highest BCUT2D eigenvalue weighted by Gasteiger charge is 2.45. The van der Waals surface area contributed by atoms with Gasteiger partial charge in [0.1, 0.15) is 11.7 Å². The maximum Gasteiger partial charge on any atom is 0.274 e. The van der Waals surface area contributed by atoms with E-state index in [9.17, 15) is 29.1 Å². The number of imide groups is 2. The summed E-state index contributed by atoms with van der Waals surface area (Å²) in [5.41, 5.74) is 3.45. The molecule has 17 nitrogen and oxygen atoms in total. The molecule has 64 heavy (non-hydrogen) atoms. The number of carbonyl (C=O) groups excluding carboxylic acids is 5. The molecule has 0 bridgehead atoms. The average molecular weight is 866 g/mol. The number of fused-ring (bicyclic) bond motifs is 3. The van der Waals surface area contributed by atoms with Gasteiger partial charge in [0, 0.05) is 73.7 Å². The van der Waals surface area contributed by atoms with Gasteiger partial charge in [0.2, 0.25) is 17.5 Å². The van der Waals surface area contributed by atoms with Crippen molar-refractivity contribution >= 4 is 63.0 Å². The van der Waals surface area contributed by atoms with Crippen LogP contribution in [-0.4, -0.2) is 127 Å². The summed E-state index contributed by atoms with van der Waals surface area (Å²) < 4.78 is 3.56. The van der Waals surface area contributed by atoms with Gasteiger partial charge in [-0.05, 0) is 120 Å². The minimum atomic E-state index is -1.25. The zero-order chi connectivity index (χ0) is 44.4. The van der Waals surface area contributed by atoms with Gasteiger partial charge in [-0.15, -0.1) is 0 Å². The predicted molar refractivity (Wildman–Crippen MR) is 237 cm³/mol. The number of carbonyl (C=O) groups is 5. The van der Waals surface area contributed by atoms with Gasteiger partial charge >= 0.3 is 0 Å². The van der Waals surface area contributed by atoms with Crippen molar-refractivity contribution < 1.29 is 29.1 Å². The lowest BCUT2D eigenvalue weighted by atomic mass is 9.95. The van der Waals surface area contributed by atoms with E-state index in [4.69, 9.17) is 11.7 Å². The molecule has 3 aromatic heterocycles. The van der Waals surface area contributed by atoms with Crippen molar-refractivity contribution in [3.05, 3.63) is 94.7 Å². The van der Waals surface area contributed by atoms with Crippen molar-refractivity contribution in [3.63, 3.8) is 0 Å². The molecular weight excluding hydrogens is 815 g/mol. The first-order valence-corrected chi connectivity index (χ1v) is 22.3. The Kier molecular flexibility index (Phi) is 10.5. The summed E-state index contributed by atoms with van der Waals surface area (Å²) in [5, 5.41) is 26.6. The molecule has 0 radical (unpaired) electrons. The molecule has 10 rings (SSSR count). The number of benzene rings is 2. The predicted octanol–water partition coefficient (Wildman–Crippen LogP) is 4.74. The van der Waals surface area contributed by atoms with E-state index in [1.54, 1.807) is 44.2 Å². The third-order valence-electron chi connectivity index (χ3n) is 14.0. The van der Waals surface area contributed by atoms with Gasteiger partial charge < -0.3 is 25.1 Å². The number of nitrogens with zero attached hydrogens (tertiary/aromatic N) is 9. The largest absolute Gasteiger partial charge is 0.386 e. The Morgan fingerprint density at radius 1 is 0.906 bits per heavy atom. The van der Waals surface area contributed by atoms with Crippen LogP contribution in [-0.2, 0) is 15.2 Å². The highest BCUT2D eigenvalue weighted by atomic mass is 16.3. The minimum Gasteiger partial charge on any atom is -0.386 e. The Balaban J connectivity index is 0.717. The van der Waals surface area contributed by atoms with Crippen LogP contribution < -0.4 is 15.5 Å². The van der Waals surface area contributed by atoms with Crippen LogP contribution in [0.15, 0.2) is 60.9 Å². The van der Waals surface area contributed by atoms with Crippen LogP contribution in [0.25, 0.3) is 21.3 Å². The van der Waals surface area contributed by atoms with Gasteiger partial charge in [0.25, 0.3) is 17.7 Å². The summed E-state index contributed by atoms with van der Waals surface area (Å²) in [4.78, 5) is 76.3. The van der Waals surface area contributed by atoms with Crippen molar-refractivity contribution in [2.24, 2.45) is 5.92 Å². The number of rotatable bonds is 9. The number of aromatic nitrogens is 4. The molecule has 0 saturated carbocycles. The third-order valence-corrected chi connectivity index (χ3v) is 14.0. The topological polar surface area (TPSA) is 182 Å². The molecule has 8 heterocycles. The molecule has 5 aliphatic rings. The fraction of sp³-hybridized carbons (Fsp3) is 0.447. The first-order valence-electron chi connectivity index (χ1n) is 22.3. The smallest absolute Gasteiger partial charge is 0.274 e. The average Bonchev–Trinajstić information content (AvgIpc) is 4.08. The summed E-state index contributed by atoms with van der Waals surface area (Å²) >= 11 is 0. The molecule has 0 spiro atoms. The second kappa shape index (κ2) is 16.3. The van der Waals surface area contributed by atoms with Crippen molar-refractivity contribution in [3.8, 4) is 0 Å². The van der Waals surface area contributed by atoms with Crippen molar-refractivity contribution in [2.45, 2.75) is 82.5 Å². The van der Waals surface area contributed by atoms with Gasteiger partial charge in [-0.25, -0.2) is 9.36 Å². The van der Waals surface area contributed by atoms with E-state index in [1.165, 1.54) is 10.7 Å². The Morgan fingerprint density at radius 3 is 2.42 bits per heavy atom. The summed E-state index contributed by atoms with van der Waals surface area (Å²) in [7, 11) is 0. The number of anilines is 2. The minimum absolute atomic E-state index is 0.0921. The van der Waals surface area contributed by atoms with Gasteiger partial charge in [-0.2, -0.15) is 10.2 Å². The number of nitrogens with one attached hydrogen (secondary N) is 2. The van der Waals surface area contributed by atoms with Crippen LogP contribution in [0.1, 0.15) is 102 Å². The van der Waals surface area contributed by atoms with E-state index in [1.807, 2.05) is 24.4 Å². The fourth-order valence-electron chi connectivity index (χ4n) is 10.5. The van der Waals surface area contributed by atoms with E-state index >= 15 is 0 Å². The molecular formula is C47H51N11O6. The zero-order valence-corrected chi connectivity index (χ0v) is 36.0. The summed E-state index contributed by atoms with van der Waals surface area (Å²) in [6.45, 7) is 17.5. The van der Waals surface area contributed by atoms with E-state index in [0.717, 1.165) is 99.4 Å². The lowest BCUT2D eigenvalue weighted by Gasteiger charge is -2.42. The first kappa shape index (κ1) is 41.5. The molecule has 4 saturated heterocycles. The van der Waals surface area contributed by atoms with Crippen LogP contribution in [0.2, 0.25) is 0 Å². The molecule has 0 aliphatic carbocycles. The highest BCUT2D eigenvalue weighted by molar-refractivity contribution is 6.23. The van der Waals surface area contributed by atoms with E-state index in [2.05, 4.69) is 40.0 Å². The maximum atomic E-state index is 13.6. The standard InChI is InChI=1S/C47H51N11O6/c1-47(2,64)37-23-38-29(20-39(37)50-44(61)41-7-5-34-21-30(48-3)24-49-58(34)41)27-56(52-38)32-13-18-54(19-14-32)31-11-15-53(16-12-31)25-28-10-17-55(26-28)33-4-6-35-36(22-33)46(63)57(45(35)62)40-8-9-42(59)51-43(40)60/h4-7,20-24,27-28,31-32,40,64H,8-19,25-26H2,1-2H3,(H,50,61)(H,51,59,60)/t28-,40?/m1/s1. The molecule has 330 valence electrons. The van der Waals surface area contributed by atoms with E-state index < -0.39 is 35.3 Å². The second-order valence-corrected chi connectivity index (χ2v) is 18.5. The zero-order valence-electron chi connectivity index (χ0n) is 36.0. The van der Waals surface area contributed by atoms with Crippen molar-refractivity contribution in [1.29, 1.82) is 0 Å². The number of piperidine rings is 3. The summed E-state index contributed by atoms with van der Waals surface area (Å²) in [6.07, 6.45) is 8.97. The van der Waals surface area contributed by atoms with Crippen LogP contribution in [0.5, 0.6) is 0 Å². The number of hydrogen-bond donors (Lipinski definition) is 3. The Bertz CT molecular complexity index is 2770. The third kappa shape index (κ3) is 7.69. The number of likely N-dealkylation sites (tertiary alicyclic amines) is 2. The second-order valence-electron chi connectivity index (χ2n) is 18.5. The van der Waals surface area contributed by atoms with Crippen LogP contribution in [0, 0.1) is 12.5 Å². The van der Waals surface area contributed by atoms with E-state index in [0.29, 0.717) is 51.2 Å². The molecule has 3 N–H and O–H groups in total. The van der Waals surface area contributed by atoms with Gasteiger partial charge in [-0.3, -0.25) is 38.9 Å². The Labute approximate surface area is 369 Å². The first-order chi connectivity index (χ1) is 30.8.